The van der Waals surface area contributed by atoms with E-state index in [1.165, 1.54) is 11.1 Å². The van der Waals surface area contributed by atoms with Crippen molar-refractivity contribution in [3.63, 3.8) is 0 Å². The largest absolute Gasteiger partial charge is 0.491 e. The van der Waals surface area contributed by atoms with Crippen molar-refractivity contribution in [1.29, 1.82) is 0 Å². The average molecular weight is 337 g/mol. The fraction of sp³-hybridized carbons (Fsp3) is 0.409. The number of likely N-dealkylation sites (tertiary alicyclic amines) is 1. The molecule has 0 aromatic heterocycles. The summed E-state index contributed by atoms with van der Waals surface area (Å²) in [5.41, 5.74) is 3.32. The molecule has 0 atom stereocenters. The molecule has 3 nitrogen and oxygen atoms in total. The van der Waals surface area contributed by atoms with Gasteiger partial charge in [0.05, 0.1) is 6.10 Å². The third-order valence-electron chi connectivity index (χ3n) is 4.80. The van der Waals surface area contributed by atoms with Crippen molar-refractivity contribution in [2.75, 3.05) is 13.1 Å². The lowest BCUT2D eigenvalue weighted by atomic mass is 9.88. The van der Waals surface area contributed by atoms with Gasteiger partial charge < -0.3 is 4.74 Å². The van der Waals surface area contributed by atoms with Crippen LogP contribution in [0.2, 0.25) is 0 Å². The number of aldehydes is 1. The molecule has 0 unspecified atom stereocenters. The van der Waals surface area contributed by atoms with E-state index in [9.17, 15) is 4.79 Å². The van der Waals surface area contributed by atoms with Gasteiger partial charge in [-0.25, -0.2) is 0 Å². The van der Waals surface area contributed by atoms with Crippen molar-refractivity contribution >= 4 is 6.29 Å². The van der Waals surface area contributed by atoms with Crippen LogP contribution in [0.25, 0.3) is 0 Å². The van der Waals surface area contributed by atoms with Crippen LogP contribution in [0.4, 0.5) is 0 Å². The molecular weight excluding hydrogens is 310 g/mol. The molecule has 1 fully saturated rings. The Kier molecular flexibility index (Phi) is 5.87. The van der Waals surface area contributed by atoms with Gasteiger partial charge in [-0.2, -0.15) is 0 Å². The molecule has 0 amide bonds. The second kappa shape index (κ2) is 8.30. The van der Waals surface area contributed by atoms with Crippen molar-refractivity contribution < 1.29 is 9.53 Å². The third-order valence-corrected chi connectivity index (χ3v) is 4.80. The lowest BCUT2D eigenvalue weighted by Gasteiger charge is -2.33. The highest BCUT2D eigenvalue weighted by Crippen LogP contribution is 2.34. The van der Waals surface area contributed by atoms with Crippen LogP contribution in [0, 0.1) is 0 Å². The Morgan fingerprint density at radius 3 is 2.60 bits per heavy atom. The first kappa shape index (κ1) is 17.7. The molecule has 1 heterocycles. The van der Waals surface area contributed by atoms with Gasteiger partial charge in [0.25, 0.3) is 0 Å². The fourth-order valence-corrected chi connectivity index (χ4v) is 3.60. The molecule has 3 heteroatoms. The standard InChI is InChI=1S/C22H27NO2/c1-17(2)25-22-9-4-3-8-21(22)20-10-12-23(13-11-20)15-18-6-5-7-19(14-18)16-24/h3-9,14,16-17,20H,10-13,15H2,1-2H3. The van der Waals surface area contributed by atoms with Crippen LogP contribution < -0.4 is 4.74 Å². The third kappa shape index (κ3) is 4.70. The topological polar surface area (TPSA) is 29.5 Å². The number of carbonyl (C=O) groups excluding carboxylic acids is 1. The Hall–Kier alpha value is -2.13. The summed E-state index contributed by atoms with van der Waals surface area (Å²) in [6.45, 7) is 7.22. The summed E-state index contributed by atoms with van der Waals surface area (Å²) >= 11 is 0. The molecule has 2 aromatic rings. The van der Waals surface area contributed by atoms with E-state index in [0.717, 1.165) is 50.1 Å². The lowest BCUT2D eigenvalue weighted by Crippen LogP contribution is -2.32. The van der Waals surface area contributed by atoms with E-state index >= 15 is 0 Å². The van der Waals surface area contributed by atoms with E-state index < -0.39 is 0 Å². The average Bonchev–Trinajstić information content (AvgIpc) is 2.63. The van der Waals surface area contributed by atoms with Crippen molar-refractivity contribution in [2.45, 2.75) is 45.3 Å². The zero-order valence-corrected chi connectivity index (χ0v) is 15.2. The first-order chi connectivity index (χ1) is 12.2. The van der Waals surface area contributed by atoms with Crippen LogP contribution >= 0.6 is 0 Å². The molecule has 2 aromatic carbocycles. The molecular formula is C22H27NO2. The minimum Gasteiger partial charge on any atom is -0.491 e. The number of hydrogen-bond acceptors (Lipinski definition) is 3. The SMILES string of the molecule is CC(C)Oc1ccccc1C1CCN(Cc2cccc(C=O)c2)CC1. The molecule has 132 valence electrons. The van der Waals surface area contributed by atoms with Crippen LogP contribution in [0.3, 0.4) is 0 Å². The van der Waals surface area contributed by atoms with Crippen LogP contribution in [-0.4, -0.2) is 30.4 Å². The Balaban J connectivity index is 1.61. The smallest absolute Gasteiger partial charge is 0.150 e. The Labute approximate surface area is 150 Å². The number of ether oxygens (including phenoxy) is 1. The summed E-state index contributed by atoms with van der Waals surface area (Å²) in [6.07, 6.45) is 3.41. The zero-order valence-electron chi connectivity index (χ0n) is 15.2. The number of rotatable bonds is 6. The first-order valence-corrected chi connectivity index (χ1v) is 9.18. The zero-order chi connectivity index (χ0) is 17.6. The van der Waals surface area contributed by atoms with Gasteiger partial charge in [-0.1, -0.05) is 36.4 Å². The second-order valence-corrected chi connectivity index (χ2v) is 7.12. The maximum atomic E-state index is 10.9. The van der Waals surface area contributed by atoms with Crippen LogP contribution in [0.15, 0.2) is 48.5 Å². The van der Waals surface area contributed by atoms with E-state index in [-0.39, 0.29) is 6.10 Å². The minimum atomic E-state index is 0.200. The summed E-state index contributed by atoms with van der Waals surface area (Å²) in [5, 5.41) is 0. The number of para-hydroxylation sites is 1. The number of benzene rings is 2. The molecule has 3 rings (SSSR count). The maximum absolute atomic E-state index is 10.9. The van der Waals surface area contributed by atoms with Gasteiger partial charge in [0.1, 0.15) is 12.0 Å². The number of hydrogen-bond donors (Lipinski definition) is 0. The second-order valence-electron chi connectivity index (χ2n) is 7.12. The van der Waals surface area contributed by atoms with E-state index in [1.807, 2.05) is 18.2 Å². The van der Waals surface area contributed by atoms with Gasteiger partial charge in [-0.05, 0) is 69.0 Å². The van der Waals surface area contributed by atoms with Gasteiger partial charge >= 0.3 is 0 Å². The molecule has 0 aliphatic carbocycles. The summed E-state index contributed by atoms with van der Waals surface area (Å²) in [6, 6.07) is 16.4. The summed E-state index contributed by atoms with van der Waals surface area (Å²) in [7, 11) is 0. The van der Waals surface area contributed by atoms with E-state index in [4.69, 9.17) is 4.74 Å². The van der Waals surface area contributed by atoms with Gasteiger partial charge in [0.15, 0.2) is 0 Å². The molecule has 0 bridgehead atoms. The lowest BCUT2D eigenvalue weighted by molar-refractivity contribution is 0.112. The predicted molar refractivity (Wildman–Crippen MR) is 101 cm³/mol. The fourth-order valence-electron chi connectivity index (χ4n) is 3.60. The highest BCUT2D eigenvalue weighted by molar-refractivity contribution is 5.74. The monoisotopic (exact) mass is 337 g/mol. The van der Waals surface area contributed by atoms with Gasteiger partial charge in [0.2, 0.25) is 0 Å². The highest BCUT2D eigenvalue weighted by Gasteiger charge is 2.23. The molecule has 0 N–H and O–H groups in total. The van der Waals surface area contributed by atoms with Crippen molar-refractivity contribution in [1.82, 2.24) is 4.90 Å². The van der Waals surface area contributed by atoms with Crippen LogP contribution in [0.1, 0.15) is 54.1 Å². The van der Waals surface area contributed by atoms with Crippen molar-refractivity contribution in [2.24, 2.45) is 0 Å². The number of carbonyl (C=O) groups is 1. The number of nitrogens with zero attached hydrogens (tertiary/aromatic N) is 1. The van der Waals surface area contributed by atoms with Gasteiger partial charge in [0, 0.05) is 12.1 Å². The molecule has 25 heavy (non-hydrogen) atoms. The predicted octanol–water partition coefficient (Wildman–Crippen LogP) is 4.67. The molecule has 0 saturated carbocycles. The highest BCUT2D eigenvalue weighted by atomic mass is 16.5. The minimum absolute atomic E-state index is 0.200. The first-order valence-electron chi connectivity index (χ1n) is 9.18. The maximum Gasteiger partial charge on any atom is 0.150 e. The molecule has 1 saturated heterocycles. The van der Waals surface area contributed by atoms with Gasteiger partial charge in [-0.15, -0.1) is 0 Å². The van der Waals surface area contributed by atoms with Crippen molar-refractivity contribution in [3.8, 4) is 5.75 Å². The Bertz CT molecular complexity index is 703. The number of piperidine rings is 1. The van der Waals surface area contributed by atoms with Crippen LogP contribution in [0.5, 0.6) is 5.75 Å². The van der Waals surface area contributed by atoms with E-state index in [0.29, 0.717) is 5.92 Å². The molecule has 1 aliphatic rings. The summed E-state index contributed by atoms with van der Waals surface area (Å²) < 4.78 is 6.00. The van der Waals surface area contributed by atoms with Gasteiger partial charge in [-0.3, -0.25) is 9.69 Å². The molecule has 0 radical (unpaired) electrons. The molecule has 1 aliphatic heterocycles. The van der Waals surface area contributed by atoms with Crippen molar-refractivity contribution in [3.05, 3.63) is 65.2 Å². The normalized spacial score (nSPS) is 16.1. The molecule has 0 spiro atoms. The Morgan fingerprint density at radius 1 is 1.12 bits per heavy atom. The summed E-state index contributed by atoms with van der Waals surface area (Å²) in [4.78, 5) is 13.4. The quantitative estimate of drug-likeness (QED) is 0.718. The van der Waals surface area contributed by atoms with E-state index in [2.05, 4.69) is 49.1 Å². The summed E-state index contributed by atoms with van der Waals surface area (Å²) in [5.74, 6) is 1.60. The Morgan fingerprint density at radius 2 is 1.88 bits per heavy atom. The van der Waals surface area contributed by atoms with Crippen LogP contribution in [-0.2, 0) is 6.54 Å². The van der Waals surface area contributed by atoms with E-state index in [1.54, 1.807) is 0 Å².